The van der Waals surface area contributed by atoms with Gasteiger partial charge in [0, 0.05) is 23.1 Å². The smallest absolute Gasteiger partial charge is 0.274 e. The Bertz CT molecular complexity index is 1480. The summed E-state index contributed by atoms with van der Waals surface area (Å²) in [7, 11) is 0. The first-order valence-electron chi connectivity index (χ1n) is 14.5. The highest BCUT2D eigenvalue weighted by molar-refractivity contribution is 7.13. The molecule has 9 heteroatoms. The zero-order valence-electron chi connectivity index (χ0n) is 24.8. The normalized spacial score (nSPS) is 19.2. The van der Waals surface area contributed by atoms with E-state index in [4.69, 9.17) is 0 Å². The summed E-state index contributed by atoms with van der Waals surface area (Å²) in [5.41, 5.74) is 2.79. The fourth-order valence-corrected chi connectivity index (χ4v) is 6.63. The van der Waals surface area contributed by atoms with E-state index in [1.54, 1.807) is 27.3 Å². The maximum absolute atomic E-state index is 13.9. The number of benzene rings is 2. The standard InChI is InChI=1S/C33H38N4O4S/c1-20(2)17-24(34-29(39)21-11-13-23(14-12-21)33(3,4)5)31(40)36-16-15-26-28(36)27(38)18-37(26)32(41)25-19-42-30(35-25)22-9-7-6-8-10-22/h6-14,19-20,24,26,28H,15-18H2,1-5H3,(H,34,39). The number of hydrogen-bond acceptors (Lipinski definition) is 6. The van der Waals surface area contributed by atoms with E-state index >= 15 is 0 Å². The maximum Gasteiger partial charge on any atom is 0.274 e. The van der Waals surface area contributed by atoms with E-state index < -0.39 is 18.1 Å². The largest absolute Gasteiger partial charge is 0.340 e. The Morgan fingerprint density at radius 1 is 1.02 bits per heavy atom. The average molecular weight is 587 g/mol. The highest BCUT2D eigenvalue weighted by Crippen LogP contribution is 2.33. The number of Topliss-reactive ketones (excluding diaryl/α,β-unsaturated/α-hetero) is 1. The second-order valence-corrected chi connectivity index (χ2v) is 13.5. The number of amides is 3. The molecular weight excluding hydrogens is 548 g/mol. The van der Waals surface area contributed by atoms with Crippen molar-refractivity contribution in [2.24, 2.45) is 5.92 Å². The van der Waals surface area contributed by atoms with Crippen LogP contribution in [0.1, 0.15) is 73.9 Å². The molecule has 3 heterocycles. The van der Waals surface area contributed by atoms with Crippen molar-refractivity contribution in [2.75, 3.05) is 13.1 Å². The number of ketones is 1. The Balaban J connectivity index is 1.30. The first kappa shape index (κ1) is 29.6. The predicted molar refractivity (Wildman–Crippen MR) is 163 cm³/mol. The van der Waals surface area contributed by atoms with Gasteiger partial charge in [-0.1, -0.05) is 77.1 Å². The van der Waals surface area contributed by atoms with Gasteiger partial charge < -0.3 is 15.1 Å². The molecule has 2 fully saturated rings. The minimum Gasteiger partial charge on any atom is -0.340 e. The molecule has 1 aromatic heterocycles. The first-order chi connectivity index (χ1) is 19.9. The number of rotatable bonds is 7. The summed E-state index contributed by atoms with van der Waals surface area (Å²) in [5.74, 6) is -0.919. The van der Waals surface area contributed by atoms with Crippen molar-refractivity contribution < 1.29 is 19.2 Å². The van der Waals surface area contributed by atoms with E-state index in [1.165, 1.54) is 11.3 Å². The third-order valence-corrected chi connectivity index (χ3v) is 8.93. The lowest BCUT2D eigenvalue weighted by molar-refractivity contribution is -0.138. The van der Waals surface area contributed by atoms with Gasteiger partial charge in [-0.05, 0) is 41.9 Å². The summed E-state index contributed by atoms with van der Waals surface area (Å²) in [6.45, 7) is 10.6. The summed E-state index contributed by atoms with van der Waals surface area (Å²) >= 11 is 1.39. The van der Waals surface area contributed by atoms with Crippen LogP contribution in [0.25, 0.3) is 10.6 Å². The van der Waals surface area contributed by atoms with E-state index in [-0.39, 0.29) is 41.4 Å². The first-order valence-corrected chi connectivity index (χ1v) is 15.4. The minimum absolute atomic E-state index is 0.0375. The lowest BCUT2D eigenvalue weighted by Crippen LogP contribution is -2.53. The van der Waals surface area contributed by atoms with Crippen LogP contribution in [-0.4, -0.2) is 69.5 Å². The van der Waals surface area contributed by atoms with Crippen molar-refractivity contribution >= 4 is 34.8 Å². The number of nitrogens with one attached hydrogen (secondary N) is 1. The Hall–Kier alpha value is -3.85. The maximum atomic E-state index is 13.9. The number of likely N-dealkylation sites (tertiary alicyclic amines) is 2. The highest BCUT2D eigenvalue weighted by atomic mass is 32.1. The van der Waals surface area contributed by atoms with Gasteiger partial charge in [0.15, 0.2) is 5.78 Å². The molecule has 3 unspecified atom stereocenters. The van der Waals surface area contributed by atoms with Gasteiger partial charge in [-0.2, -0.15) is 0 Å². The zero-order valence-corrected chi connectivity index (χ0v) is 25.6. The molecule has 1 N–H and O–H groups in total. The van der Waals surface area contributed by atoms with Gasteiger partial charge in [0.05, 0.1) is 12.6 Å². The van der Waals surface area contributed by atoms with Crippen LogP contribution in [-0.2, 0) is 15.0 Å². The Morgan fingerprint density at radius 3 is 2.36 bits per heavy atom. The van der Waals surface area contributed by atoms with E-state index in [1.807, 2.05) is 56.3 Å². The van der Waals surface area contributed by atoms with Gasteiger partial charge in [0.2, 0.25) is 5.91 Å². The summed E-state index contributed by atoms with van der Waals surface area (Å²) < 4.78 is 0. The highest BCUT2D eigenvalue weighted by Gasteiger charge is 2.52. The van der Waals surface area contributed by atoms with Gasteiger partial charge in [-0.15, -0.1) is 11.3 Å². The lowest BCUT2D eigenvalue weighted by atomic mass is 9.86. The van der Waals surface area contributed by atoms with Gasteiger partial charge in [-0.25, -0.2) is 4.98 Å². The van der Waals surface area contributed by atoms with Crippen LogP contribution in [0.15, 0.2) is 60.0 Å². The van der Waals surface area contributed by atoms with E-state index in [2.05, 4.69) is 31.1 Å². The molecular formula is C33H38N4O4S. The molecule has 42 heavy (non-hydrogen) atoms. The molecule has 8 nitrogen and oxygen atoms in total. The molecule has 2 aliphatic heterocycles. The van der Waals surface area contributed by atoms with Crippen LogP contribution in [0, 0.1) is 5.92 Å². The average Bonchev–Trinajstić information content (AvgIpc) is 3.69. The van der Waals surface area contributed by atoms with Crippen LogP contribution in [0.5, 0.6) is 0 Å². The van der Waals surface area contributed by atoms with Crippen LogP contribution >= 0.6 is 11.3 Å². The second-order valence-electron chi connectivity index (χ2n) is 12.6. The molecule has 0 bridgehead atoms. The molecule has 2 saturated heterocycles. The molecule has 0 radical (unpaired) electrons. The number of nitrogens with zero attached hydrogens (tertiary/aromatic N) is 3. The monoisotopic (exact) mass is 586 g/mol. The summed E-state index contributed by atoms with van der Waals surface area (Å²) in [6.07, 6.45) is 0.941. The molecule has 0 aliphatic carbocycles. The van der Waals surface area contributed by atoms with E-state index in [0.717, 1.165) is 16.1 Å². The number of aromatic nitrogens is 1. The fraction of sp³-hybridized carbons (Fsp3) is 0.424. The van der Waals surface area contributed by atoms with Crippen molar-refractivity contribution in [2.45, 2.75) is 71.0 Å². The van der Waals surface area contributed by atoms with Crippen LogP contribution < -0.4 is 5.32 Å². The molecule has 3 amide bonds. The summed E-state index contributed by atoms with van der Waals surface area (Å²) in [5, 5.41) is 5.41. The number of fused-ring (bicyclic) bond motifs is 1. The third kappa shape index (κ3) is 6.02. The van der Waals surface area contributed by atoms with E-state index in [0.29, 0.717) is 30.6 Å². The van der Waals surface area contributed by atoms with Crippen molar-refractivity contribution in [3.8, 4) is 10.6 Å². The minimum atomic E-state index is -0.775. The molecule has 5 rings (SSSR count). The van der Waals surface area contributed by atoms with Crippen molar-refractivity contribution in [1.29, 1.82) is 0 Å². The number of hydrogen-bond donors (Lipinski definition) is 1. The summed E-state index contributed by atoms with van der Waals surface area (Å²) in [6, 6.07) is 15.2. The molecule has 0 saturated carbocycles. The topological polar surface area (TPSA) is 99.7 Å². The van der Waals surface area contributed by atoms with Crippen LogP contribution in [0.4, 0.5) is 0 Å². The third-order valence-electron chi connectivity index (χ3n) is 8.03. The molecule has 2 aromatic carbocycles. The summed E-state index contributed by atoms with van der Waals surface area (Å²) in [4.78, 5) is 61.5. The number of thiazole rings is 1. The Kier molecular flexibility index (Phi) is 8.32. The van der Waals surface area contributed by atoms with Crippen molar-refractivity contribution in [1.82, 2.24) is 20.1 Å². The molecule has 2 aliphatic rings. The Labute approximate surface area is 251 Å². The molecule has 3 atom stereocenters. The molecule has 0 spiro atoms. The van der Waals surface area contributed by atoms with Gasteiger partial charge in [0.25, 0.3) is 11.8 Å². The number of carbonyl (C=O) groups excluding carboxylic acids is 4. The van der Waals surface area contributed by atoms with Crippen molar-refractivity contribution in [3.63, 3.8) is 0 Å². The van der Waals surface area contributed by atoms with Crippen LogP contribution in [0.3, 0.4) is 0 Å². The molecule has 3 aromatic rings. The van der Waals surface area contributed by atoms with Gasteiger partial charge in [-0.3, -0.25) is 19.2 Å². The van der Waals surface area contributed by atoms with Crippen molar-refractivity contribution in [3.05, 3.63) is 76.8 Å². The van der Waals surface area contributed by atoms with E-state index in [9.17, 15) is 19.2 Å². The Morgan fingerprint density at radius 2 is 1.71 bits per heavy atom. The quantitative estimate of drug-likeness (QED) is 0.423. The zero-order chi connectivity index (χ0) is 30.2. The van der Waals surface area contributed by atoms with Gasteiger partial charge in [0.1, 0.15) is 22.8 Å². The van der Waals surface area contributed by atoms with Crippen LogP contribution in [0.2, 0.25) is 0 Å². The molecule has 220 valence electrons. The SMILES string of the molecule is CC(C)CC(NC(=O)c1ccc(C(C)(C)C)cc1)C(=O)N1CCC2C1C(=O)CN2C(=O)c1csc(-c2ccccc2)n1. The fourth-order valence-electron chi connectivity index (χ4n) is 5.83. The second kappa shape index (κ2) is 11.8. The lowest BCUT2D eigenvalue weighted by Gasteiger charge is -2.29. The van der Waals surface area contributed by atoms with Gasteiger partial charge >= 0.3 is 0 Å². The predicted octanol–water partition coefficient (Wildman–Crippen LogP) is 4.95. The number of carbonyl (C=O) groups is 4.